The second-order valence-corrected chi connectivity index (χ2v) is 8.72. The third-order valence-corrected chi connectivity index (χ3v) is 5.18. The van der Waals surface area contributed by atoms with E-state index >= 15 is 0 Å². The third kappa shape index (κ3) is 39.0. The van der Waals surface area contributed by atoms with E-state index in [-0.39, 0.29) is 6.61 Å². The molecular formula is C29H58O14. The summed E-state index contributed by atoms with van der Waals surface area (Å²) in [5.74, 6) is -0.407. The molecule has 14 nitrogen and oxygen atoms in total. The molecule has 14 heteroatoms. The zero-order valence-corrected chi connectivity index (χ0v) is 26.6. The van der Waals surface area contributed by atoms with Crippen LogP contribution < -0.4 is 0 Å². The van der Waals surface area contributed by atoms with Gasteiger partial charge in [0.05, 0.1) is 152 Å². The molecule has 0 unspecified atom stereocenters. The summed E-state index contributed by atoms with van der Waals surface area (Å²) >= 11 is 0. The molecular weight excluding hydrogens is 572 g/mol. The Hall–Kier alpha value is -1.01. The van der Waals surface area contributed by atoms with Crippen LogP contribution in [0.2, 0.25) is 0 Å². The Morgan fingerprint density at radius 3 is 0.767 bits per heavy atom. The molecule has 43 heavy (non-hydrogen) atoms. The molecule has 0 N–H and O–H groups in total. The lowest BCUT2D eigenvalue weighted by molar-refractivity contribution is -0.146. The fourth-order valence-electron chi connectivity index (χ4n) is 2.88. The minimum atomic E-state index is -0.407. The molecule has 0 saturated heterocycles. The molecule has 0 radical (unpaired) electrons. The fourth-order valence-corrected chi connectivity index (χ4v) is 2.88. The molecule has 0 saturated carbocycles. The van der Waals surface area contributed by atoms with Crippen molar-refractivity contribution in [3.8, 4) is 0 Å². The number of esters is 1. The van der Waals surface area contributed by atoms with Crippen molar-refractivity contribution in [3.05, 3.63) is 0 Å². The molecule has 0 aromatic rings. The Morgan fingerprint density at radius 1 is 0.349 bits per heavy atom. The van der Waals surface area contributed by atoms with Gasteiger partial charge in [0, 0.05) is 6.61 Å². The summed E-state index contributed by atoms with van der Waals surface area (Å²) in [6.45, 7) is 13.9. The van der Waals surface area contributed by atoms with Crippen molar-refractivity contribution in [3.63, 3.8) is 0 Å². The molecule has 0 heterocycles. The van der Waals surface area contributed by atoms with E-state index in [2.05, 4.69) is 11.7 Å². The Balaban J connectivity index is 3.04. The molecule has 0 aliphatic heterocycles. The van der Waals surface area contributed by atoms with Gasteiger partial charge in [-0.15, -0.1) is 0 Å². The molecule has 258 valence electrons. The van der Waals surface area contributed by atoms with Crippen LogP contribution in [0.15, 0.2) is 0 Å². The maximum absolute atomic E-state index is 10.8. The van der Waals surface area contributed by atoms with Crippen molar-refractivity contribution < 1.29 is 66.4 Å². The SMILES string of the molecule is CCCCOCCOCCOCCOCCOCCOCCOCCOCCOCCOCCOCCOCC(=O)OC. The topological polar surface area (TPSA) is 137 Å². The van der Waals surface area contributed by atoms with Crippen molar-refractivity contribution in [1.82, 2.24) is 0 Å². The number of carbonyl (C=O) groups is 1. The van der Waals surface area contributed by atoms with Crippen molar-refractivity contribution in [1.29, 1.82) is 0 Å². The van der Waals surface area contributed by atoms with E-state index in [1.54, 1.807) is 0 Å². The van der Waals surface area contributed by atoms with Crippen molar-refractivity contribution in [2.45, 2.75) is 19.8 Å². The number of hydrogen-bond donors (Lipinski definition) is 0. The van der Waals surface area contributed by atoms with Crippen LogP contribution in [0.1, 0.15) is 19.8 Å². The van der Waals surface area contributed by atoms with Gasteiger partial charge in [-0.3, -0.25) is 0 Å². The van der Waals surface area contributed by atoms with Crippen LogP contribution in [0, 0.1) is 0 Å². The minimum Gasteiger partial charge on any atom is -0.467 e. The van der Waals surface area contributed by atoms with Crippen molar-refractivity contribution in [2.75, 3.05) is 166 Å². The van der Waals surface area contributed by atoms with E-state index in [1.165, 1.54) is 7.11 Å². The van der Waals surface area contributed by atoms with Gasteiger partial charge in [0.25, 0.3) is 0 Å². The van der Waals surface area contributed by atoms with Gasteiger partial charge in [-0.05, 0) is 6.42 Å². The largest absolute Gasteiger partial charge is 0.467 e. The van der Waals surface area contributed by atoms with E-state index in [4.69, 9.17) is 56.8 Å². The fraction of sp³-hybridized carbons (Fsp3) is 0.966. The summed E-state index contributed by atoms with van der Waals surface area (Å²) in [7, 11) is 1.32. The summed E-state index contributed by atoms with van der Waals surface area (Å²) in [6, 6.07) is 0. The quantitative estimate of drug-likeness (QED) is 0.0713. The predicted molar refractivity (Wildman–Crippen MR) is 157 cm³/mol. The second kappa shape index (κ2) is 39.0. The van der Waals surface area contributed by atoms with Gasteiger partial charge >= 0.3 is 5.97 Å². The number of ether oxygens (including phenoxy) is 13. The molecule has 0 aliphatic carbocycles. The van der Waals surface area contributed by atoms with Crippen LogP contribution in [-0.2, 0) is 66.4 Å². The lowest BCUT2D eigenvalue weighted by atomic mass is 10.4. The lowest BCUT2D eigenvalue weighted by Crippen LogP contribution is -2.16. The summed E-state index contributed by atoms with van der Waals surface area (Å²) < 4.78 is 69.3. The Bertz CT molecular complexity index is 529. The van der Waals surface area contributed by atoms with E-state index in [0.717, 1.165) is 19.4 Å². The summed E-state index contributed by atoms with van der Waals surface area (Å²) in [5.41, 5.74) is 0. The van der Waals surface area contributed by atoms with Crippen LogP contribution in [0.5, 0.6) is 0 Å². The molecule has 0 aliphatic rings. The van der Waals surface area contributed by atoms with Crippen LogP contribution in [0.25, 0.3) is 0 Å². The maximum atomic E-state index is 10.8. The van der Waals surface area contributed by atoms with Gasteiger partial charge in [0.2, 0.25) is 0 Å². The highest BCUT2D eigenvalue weighted by atomic mass is 16.6. The van der Waals surface area contributed by atoms with Crippen molar-refractivity contribution >= 4 is 5.97 Å². The first kappa shape index (κ1) is 42.0. The number of rotatable bonds is 38. The third-order valence-electron chi connectivity index (χ3n) is 5.18. The first-order chi connectivity index (χ1) is 21.3. The summed E-state index contributed by atoms with van der Waals surface area (Å²) in [5, 5.41) is 0. The predicted octanol–water partition coefficient (Wildman–Crippen LogP) is 1.16. The lowest BCUT2D eigenvalue weighted by Gasteiger charge is -2.09. The van der Waals surface area contributed by atoms with Gasteiger partial charge in [0.15, 0.2) is 0 Å². The Morgan fingerprint density at radius 2 is 0.558 bits per heavy atom. The van der Waals surface area contributed by atoms with Gasteiger partial charge in [-0.2, -0.15) is 0 Å². The molecule has 0 bridgehead atoms. The average molecular weight is 631 g/mol. The molecule has 0 aromatic heterocycles. The molecule has 0 rings (SSSR count). The maximum Gasteiger partial charge on any atom is 0.331 e. The Labute approximate surface area is 258 Å². The highest BCUT2D eigenvalue weighted by Crippen LogP contribution is 1.89. The minimum absolute atomic E-state index is 0.0692. The highest BCUT2D eigenvalue weighted by molar-refractivity contribution is 5.70. The second-order valence-electron chi connectivity index (χ2n) is 8.72. The first-order valence-corrected chi connectivity index (χ1v) is 15.3. The monoisotopic (exact) mass is 630 g/mol. The average Bonchev–Trinajstić information content (AvgIpc) is 3.02. The molecule has 0 spiro atoms. The number of methoxy groups -OCH3 is 1. The van der Waals surface area contributed by atoms with Crippen LogP contribution >= 0.6 is 0 Å². The van der Waals surface area contributed by atoms with Crippen LogP contribution in [0.3, 0.4) is 0 Å². The first-order valence-electron chi connectivity index (χ1n) is 15.3. The molecule has 0 atom stereocenters. The normalized spacial score (nSPS) is 11.4. The summed E-state index contributed by atoms with van der Waals surface area (Å²) in [4.78, 5) is 10.8. The highest BCUT2D eigenvalue weighted by Gasteiger charge is 1.99. The standard InChI is InChI=1S/C29H58O14/c1-3-4-5-32-6-7-33-8-9-34-10-11-35-12-13-36-14-15-37-16-17-38-18-19-39-20-21-40-22-23-41-24-25-42-26-27-43-28-29(30)31-2/h3-28H2,1-2H3. The van der Waals surface area contributed by atoms with Gasteiger partial charge in [0.1, 0.15) is 6.61 Å². The van der Waals surface area contributed by atoms with Crippen LogP contribution in [-0.4, -0.2) is 172 Å². The molecule has 0 fully saturated rings. The van der Waals surface area contributed by atoms with Gasteiger partial charge in [-0.25, -0.2) is 4.79 Å². The van der Waals surface area contributed by atoms with E-state index in [0.29, 0.717) is 145 Å². The Kier molecular flexibility index (Phi) is 38.1. The van der Waals surface area contributed by atoms with Crippen molar-refractivity contribution in [2.24, 2.45) is 0 Å². The molecule has 0 amide bonds. The van der Waals surface area contributed by atoms with Gasteiger partial charge in [-0.1, -0.05) is 13.3 Å². The smallest absolute Gasteiger partial charge is 0.331 e. The van der Waals surface area contributed by atoms with Gasteiger partial charge < -0.3 is 61.6 Å². The zero-order valence-electron chi connectivity index (χ0n) is 26.6. The van der Waals surface area contributed by atoms with E-state index < -0.39 is 5.97 Å². The zero-order chi connectivity index (χ0) is 31.2. The summed E-state index contributed by atoms with van der Waals surface area (Å²) in [6.07, 6.45) is 2.24. The van der Waals surface area contributed by atoms with Crippen LogP contribution in [0.4, 0.5) is 0 Å². The van der Waals surface area contributed by atoms with E-state index in [9.17, 15) is 4.79 Å². The molecule has 0 aromatic carbocycles. The number of unbranched alkanes of at least 4 members (excludes halogenated alkanes) is 1. The number of hydrogen-bond acceptors (Lipinski definition) is 14. The number of carbonyl (C=O) groups excluding carboxylic acids is 1. The van der Waals surface area contributed by atoms with E-state index in [1.807, 2.05) is 0 Å².